The summed E-state index contributed by atoms with van der Waals surface area (Å²) in [6, 6.07) is 4.87. The summed E-state index contributed by atoms with van der Waals surface area (Å²) in [4.78, 5) is 6.25. The minimum atomic E-state index is -2.50. The monoisotopic (exact) mass is 312 g/mol. The Morgan fingerprint density at radius 2 is 1.52 bits per heavy atom. The highest BCUT2D eigenvalue weighted by atomic mass is 28.4. The van der Waals surface area contributed by atoms with Gasteiger partial charge in [-0.2, -0.15) is 0 Å². The van der Waals surface area contributed by atoms with E-state index in [1.54, 1.807) is 0 Å². The maximum absolute atomic E-state index is 5.86. The molecule has 0 aliphatic carbocycles. The Morgan fingerprint density at radius 1 is 1.00 bits per heavy atom. The molecular formula is C15H28N2O3Si. The number of hydrogen-bond donors (Lipinski definition) is 0. The maximum Gasteiger partial charge on any atom is 0.500 e. The van der Waals surface area contributed by atoms with Crippen LogP contribution in [0.1, 0.15) is 27.2 Å². The van der Waals surface area contributed by atoms with E-state index >= 15 is 0 Å². The van der Waals surface area contributed by atoms with Crippen LogP contribution >= 0.6 is 0 Å². The van der Waals surface area contributed by atoms with Crippen LogP contribution in [0.25, 0.3) is 0 Å². The van der Waals surface area contributed by atoms with Gasteiger partial charge in [0.05, 0.1) is 0 Å². The van der Waals surface area contributed by atoms with Crippen molar-refractivity contribution in [2.75, 3.05) is 38.3 Å². The minimum Gasteiger partial charge on any atom is -0.375 e. The standard InChI is InChI=1S/C15H28N2O3Si/c1-5-18-21(19-6-2,20-7-3)14-8-13-17(4)15-9-11-16-12-10-15/h9-12H,5-8,13-14H2,1-4H3. The second kappa shape index (κ2) is 9.89. The molecule has 1 aromatic rings. The van der Waals surface area contributed by atoms with Gasteiger partial charge in [0, 0.05) is 57.5 Å². The Kier molecular flexibility index (Phi) is 8.52. The van der Waals surface area contributed by atoms with Gasteiger partial charge in [-0.05, 0) is 39.3 Å². The molecule has 0 radical (unpaired) electrons. The molecule has 0 spiro atoms. The molecule has 1 rings (SSSR count). The zero-order valence-electron chi connectivity index (χ0n) is 13.7. The highest BCUT2D eigenvalue weighted by Gasteiger charge is 2.39. The summed E-state index contributed by atoms with van der Waals surface area (Å²) < 4.78 is 17.6. The van der Waals surface area contributed by atoms with Crippen molar-refractivity contribution in [2.45, 2.75) is 33.2 Å². The molecule has 21 heavy (non-hydrogen) atoms. The molecule has 0 aromatic carbocycles. The van der Waals surface area contributed by atoms with Gasteiger partial charge in [-0.25, -0.2) is 0 Å². The molecule has 1 heterocycles. The van der Waals surface area contributed by atoms with Gasteiger partial charge in [-0.1, -0.05) is 0 Å². The second-order valence-corrected chi connectivity index (χ2v) is 7.44. The van der Waals surface area contributed by atoms with Gasteiger partial charge in [0.15, 0.2) is 0 Å². The van der Waals surface area contributed by atoms with Crippen LogP contribution < -0.4 is 4.90 Å². The fourth-order valence-electron chi connectivity index (χ4n) is 2.26. The van der Waals surface area contributed by atoms with Crippen LogP contribution in [-0.2, 0) is 13.3 Å². The van der Waals surface area contributed by atoms with Crippen LogP contribution in [0.3, 0.4) is 0 Å². The number of anilines is 1. The van der Waals surface area contributed by atoms with E-state index in [1.165, 1.54) is 5.69 Å². The first kappa shape index (κ1) is 18.1. The van der Waals surface area contributed by atoms with Gasteiger partial charge < -0.3 is 18.2 Å². The van der Waals surface area contributed by atoms with Crippen molar-refractivity contribution < 1.29 is 13.3 Å². The van der Waals surface area contributed by atoms with Crippen molar-refractivity contribution in [3.63, 3.8) is 0 Å². The molecule has 6 heteroatoms. The van der Waals surface area contributed by atoms with Crippen molar-refractivity contribution in [2.24, 2.45) is 0 Å². The highest BCUT2D eigenvalue weighted by molar-refractivity contribution is 6.60. The van der Waals surface area contributed by atoms with E-state index in [9.17, 15) is 0 Å². The molecule has 0 unspecified atom stereocenters. The largest absolute Gasteiger partial charge is 0.500 e. The average Bonchev–Trinajstić information content (AvgIpc) is 2.49. The van der Waals surface area contributed by atoms with E-state index in [1.807, 2.05) is 45.3 Å². The topological polar surface area (TPSA) is 43.8 Å². The second-order valence-electron chi connectivity index (χ2n) is 4.71. The van der Waals surface area contributed by atoms with Crippen LogP contribution in [0.2, 0.25) is 6.04 Å². The third-order valence-electron chi connectivity index (χ3n) is 3.17. The molecule has 0 saturated carbocycles. The first-order valence-electron chi connectivity index (χ1n) is 7.70. The van der Waals surface area contributed by atoms with Crippen molar-refractivity contribution in [3.05, 3.63) is 24.5 Å². The molecule has 5 nitrogen and oxygen atoms in total. The van der Waals surface area contributed by atoms with Crippen molar-refractivity contribution >= 4 is 14.5 Å². The lowest BCUT2D eigenvalue weighted by Gasteiger charge is -2.29. The van der Waals surface area contributed by atoms with E-state index in [0.717, 1.165) is 19.0 Å². The Labute approximate surface area is 129 Å². The Balaban J connectivity index is 2.52. The summed E-state index contributed by atoms with van der Waals surface area (Å²) in [7, 11) is -0.418. The van der Waals surface area contributed by atoms with Crippen molar-refractivity contribution in [1.29, 1.82) is 0 Å². The Hall–Kier alpha value is -0.953. The molecule has 0 aliphatic rings. The molecule has 1 aromatic heterocycles. The van der Waals surface area contributed by atoms with Crippen LogP contribution in [-0.4, -0.2) is 47.2 Å². The Bertz CT molecular complexity index is 361. The molecule has 0 atom stereocenters. The quantitative estimate of drug-likeness (QED) is 0.588. The SMILES string of the molecule is CCO[Si](CCCN(C)c1ccncc1)(OCC)OCC. The van der Waals surface area contributed by atoms with Gasteiger partial charge in [0.1, 0.15) is 0 Å². The summed E-state index contributed by atoms with van der Waals surface area (Å²) in [5.74, 6) is 0. The zero-order valence-corrected chi connectivity index (χ0v) is 14.7. The predicted molar refractivity (Wildman–Crippen MR) is 87.6 cm³/mol. The van der Waals surface area contributed by atoms with Gasteiger partial charge in [0.25, 0.3) is 0 Å². The lowest BCUT2D eigenvalue weighted by atomic mass is 10.3. The van der Waals surface area contributed by atoms with Crippen LogP contribution in [0.15, 0.2) is 24.5 Å². The van der Waals surface area contributed by atoms with E-state index in [0.29, 0.717) is 19.8 Å². The van der Waals surface area contributed by atoms with E-state index in [2.05, 4.69) is 16.9 Å². The molecule has 0 fully saturated rings. The summed E-state index contributed by atoms with van der Waals surface area (Å²) in [5, 5.41) is 0. The number of pyridine rings is 1. The number of hydrogen-bond acceptors (Lipinski definition) is 5. The van der Waals surface area contributed by atoms with Crippen LogP contribution in [0.5, 0.6) is 0 Å². The fraction of sp³-hybridized carbons (Fsp3) is 0.667. The van der Waals surface area contributed by atoms with Gasteiger partial charge >= 0.3 is 8.80 Å². The smallest absolute Gasteiger partial charge is 0.375 e. The Morgan fingerprint density at radius 3 is 2.00 bits per heavy atom. The van der Waals surface area contributed by atoms with Crippen molar-refractivity contribution in [3.8, 4) is 0 Å². The maximum atomic E-state index is 5.86. The third kappa shape index (κ3) is 6.13. The molecule has 0 aliphatic heterocycles. The van der Waals surface area contributed by atoms with Gasteiger partial charge in [0.2, 0.25) is 0 Å². The molecular weight excluding hydrogens is 284 g/mol. The zero-order chi connectivity index (χ0) is 15.6. The molecule has 120 valence electrons. The average molecular weight is 312 g/mol. The lowest BCUT2D eigenvalue weighted by Crippen LogP contribution is -2.46. The summed E-state index contributed by atoms with van der Waals surface area (Å²) >= 11 is 0. The minimum absolute atomic E-state index is 0.631. The van der Waals surface area contributed by atoms with Crippen LogP contribution in [0, 0.1) is 0 Å². The first-order chi connectivity index (χ1) is 10.2. The summed E-state index contributed by atoms with van der Waals surface area (Å²) in [6.07, 6.45) is 4.60. The molecule has 0 amide bonds. The van der Waals surface area contributed by atoms with Gasteiger partial charge in [-0.15, -0.1) is 0 Å². The molecule has 0 N–H and O–H groups in total. The highest BCUT2D eigenvalue weighted by Crippen LogP contribution is 2.19. The van der Waals surface area contributed by atoms with E-state index in [-0.39, 0.29) is 0 Å². The van der Waals surface area contributed by atoms with Crippen LogP contribution in [0.4, 0.5) is 5.69 Å². The summed E-state index contributed by atoms with van der Waals surface area (Å²) in [6.45, 7) is 8.80. The lowest BCUT2D eigenvalue weighted by molar-refractivity contribution is 0.0710. The molecule has 0 saturated heterocycles. The third-order valence-corrected chi connectivity index (χ3v) is 6.32. The van der Waals surface area contributed by atoms with Crippen molar-refractivity contribution in [1.82, 2.24) is 4.98 Å². The predicted octanol–water partition coefficient (Wildman–Crippen LogP) is 2.96. The fourth-order valence-corrected chi connectivity index (χ4v) is 4.86. The number of rotatable bonds is 11. The van der Waals surface area contributed by atoms with E-state index < -0.39 is 8.80 Å². The first-order valence-corrected chi connectivity index (χ1v) is 9.63. The number of nitrogens with zero attached hydrogens (tertiary/aromatic N) is 2. The van der Waals surface area contributed by atoms with E-state index in [4.69, 9.17) is 13.3 Å². The summed E-state index contributed by atoms with van der Waals surface area (Å²) in [5.41, 5.74) is 1.17. The van der Waals surface area contributed by atoms with Gasteiger partial charge in [-0.3, -0.25) is 4.98 Å². The normalized spacial score (nSPS) is 11.6. The number of aromatic nitrogens is 1. The molecule has 0 bridgehead atoms.